The summed E-state index contributed by atoms with van der Waals surface area (Å²) >= 11 is 7.91. The van der Waals surface area contributed by atoms with Crippen LogP contribution in [0.2, 0.25) is 0 Å². The number of thiocarbonyl (C=S) groups is 1. The standard InChI is InChI=1S/C24H27IN4O4S/c1-31-20-8-7-16(13-21(20)32-2)15-26-22(30)19-14-24(33-28-19)9-11-29(12-10-24)23(34)27-18-6-4-3-5-17(18)25/h3-8,13H,9-12,14-15H2,1-2H3,(H,26,30)(H,27,34). The summed E-state index contributed by atoms with van der Waals surface area (Å²) in [6.07, 6.45) is 1.99. The summed E-state index contributed by atoms with van der Waals surface area (Å²) in [6, 6.07) is 13.6. The molecule has 0 unspecified atom stereocenters. The van der Waals surface area contributed by atoms with Gasteiger partial charge >= 0.3 is 0 Å². The van der Waals surface area contributed by atoms with E-state index >= 15 is 0 Å². The maximum Gasteiger partial charge on any atom is 0.269 e. The van der Waals surface area contributed by atoms with Gasteiger partial charge < -0.3 is 29.8 Å². The first-order valence-electron chi connectivity index (χ1n) is 11.0. The van der Waals surface area contributed by atoms with Gasteiger partial charge in [0.2, 0.25) is 0 Å². The molecule has 2 aliphatic rings. The quantitative estimate of drug-likeness (QED) is 0.388. The van der Waals surface area contributed by atoms with Gasteiger partial charge in [-0.2, -0.15) is 0 Å². The highest BCUT2D eigenvalue weighted by Gasteiger charge is 2.44. The zero-order valence-corrected chi connectivity index (χ0v) is 22.1. The van der Waals surface area contributed by atoms with E-state index in [4.69, 9.17) is 26.5 Å². The first-order chi connectivity index (χ1) is 16.4. The molecule has 2 heterocycles. The molecule has 2 N–H and O–H groups in total. The summed E-state index contributed by atoms with van der Waals surface area (Å²) < 4.78 is 11.7. The Morgan fingerprint density at radius 3 is 2.62 bits per heavy atom. The smallest absolute Gasteiger partial charge is 0.269 e. The van der Waals surface area contributed by atoms with E-state index in [1.165, 1.54) is 0 Å². The van der Waals surface area contributed by atoms with Crippen molar-refractivity contribution in [2.24, 2.45) is 5.16 Å². The Morgan fingerprint density at radius 2 is 1.91 bits per heavy atom. The summed E-state index contributed by atoms with van der Waals surface area (Å²) in [7, 11) is 3.17. The fraction of sp³-hybridized carbons (Fsp3) is 0.375. The average molecular weight is 594 g/mol. The molecule has 1 saturated heterocycles. The number of nitrogens with one attached hydrogen (secondary N) is 2. The third-order valence-electron chi connectivity index (χ3n) is 6.08. The number of halogens is 1. The van der Waals surface area contributed by atoms with E-state index in [0.29, 0.717) is 35.3 Å². The molecule has 0 saturated carbocycles. The third kappa shape index (κ3) is 5.54. The van der Waals surface area contributed by atoms with Crippen molar-refractivity contribution >= 4 is 57.2 Å². The van der Waals surface area contributed by atoms with Gasteiger partial charge in [0.15, 0.2) is 16.6 Å². The van der Waals surface area contributed by atoms with Gasteiger partial charge in [-0.25, -0.2) is 0 Å². The maximum atomic E-state index is 12.7. The monoisotopic (exact) mass is 594 g/mol. The number of hydrogen-bond acceptors (Lipinski definition) is 6. The van der Waals surface area contributed by atoms with Crippen LogP contribution in [0.3, 0.4) is 0 Å². The zero-order chi connectivity index (χ0) is 24.1. The molecule has 180 valence electrons. The topological polar surface area (TPSA) is 84.4 Å². The van der Waals surface area contributed by atoms with E-state index in [2.05, 4.69) is 43.3 Å². The predicted octanol–water partition coefficient (Wildman–Crippen LogP) is 3.93. The maximum absolute atomic E-state index is 12.7. The molecule has 0 atom stereocenters. The highest BCUT2D eigenvalue weighted by atomic mass is 127. The second kappa shape index (κ2) is 10.8. The minimum absolute atomic E-state index is 0.218. The number of amides is 1. The Kier molecular flexibility index (Phi) is 7.77. The Labute approximate surface area is 218 Å². The van der Waals surface area contributed by atoms with Crippen LogP contribution in [0.4, 0.5) is 5.69 Å². The molecule has 10 heteroatoms. The largest absolute Gasteiger partial charge is 0.493 e. The Hall–Kier alpha value is -2.60. The molecule has 0 aromatic heterocycles. The van der Waals surface area contributed by atoms with Crippen LogP contribution < -0.4 is 20.1 Å². The van der Waals surface area contributed by atoms with Gasteiger partial charge in [0.1, 0.15) is 11.3 Å². The van der Waals surface area contributed by atoms with Crippen molar-refractivity contribution in [3.8, 4) is 11.5 Å². The van der Waals surface area contributed by atoms with Crippen LogP contribution >= 0.6 is 34.8 Å². The van der Waals surface area contributed by atoms with Crippen LogP contribution in [0.1, 0.15) is 24.8 Å². The summed E-state index contributed by atoms with van der Waals surface area (Å²) in [6.45, 7) is 1.84. The summed E-state index contributed by atoms with van der Waals surface area (Å²) in [5.41, 5.74) is 1.89. The van der Waals surface area contributed by atoms with E-state index < -0.39 is 5.60 Å². The number of oxime groups is 1. The van der Waals surface area contributed by atoms with Crippen molar-refractivity contribution < 1.29 is 19.1 Å². The number of benzene rings is 2. The Balaban J connectivity index is 1.26. The molecular formula is C24H27IN4O4S. The second-order valence-electron chi connectivity index (χ2n) is 8.26. The van der Waals surface area contributed by atoms with E-state index in [0.717, 1.165) is 40.8 Å². The number of carbonyl (C=O) groups is 1. The first-order valence-corrected chi connectivity index (χ1v) is 12.5. The average Bonchev–Trinajstić information content (AvgIpc) is 3.27. The number of anilines is 1. The first kappa shape index (κ1) is 24.5. The van der Waals surface area contributed by atoms with Crippen molar-refractivity contribution in [3.63, 3.8) is 0 Å². The van der Waals surface area contributed by atoms with Crippen LogP contribution in [-0.2, 0) is 16.2 Å². The number of piperidine rings is 1. The molecule has 34 heavy (non-hydrogen) atoms. The van der Waals surface area contributed by atoms with E-state index in [1.807, 2.05) is 42.5 Å². The van der Waals surface area contributed by atoms with Crippen molar-refractivity contribution in [1.82, 2.24) is 10.2 Å². The number of ether oxygens (including phenoxy) is 2. The zero-order valence-electron chi connectivity index (χ0n) is 19.1. The molecule has 1 fully saturated rings. The molecule has 2 aromatic carbocycles. The van der Waals surface area contributed by atoms with Crippen molar-refractivity contribution in [3.05, 3.63) is 51.6 Å². The number of carbonyl (C=O) groups excluding carboxylic acids is 1. The van der Waals surface area contributed by atoms with Gasteiger partial charge in [-0.1, -0.05) is 23.4 Å². The highest BCUT2D eigenvalue weighted by molar-refractivity contribution is 14.1. The lowest BCUT2D eigenvalue weighted by Crippen LogP contribution is -2.48. The Morgan fingerprint density at radius 1 is 1.18 bits per heavy atom. The van der Waals surface area contributed by atoms with Crippen LogP contribution in [-0.4, -0.2) is 54.5 Å². The number of hydrogen-bond donors (Lipinski definition) is 2. The molecule has 1 spiro atoms. The van der Waals surface area contributed by atoms with Crippen molar-refractivity contribution in [2.45, 2.75) is 31.4 Å². The molecule has 0 aliphatic carbocycles. The fourth-order valence-electron chi connectivity index (χ4n) is 4.06. The van der Waals surface area contributed by atoms with Gasteiger partial charge in [-0.05, 0) is 64.6 Å². The fourth-order valence-corrected chi connectivity index (χ4v) is 4.88. The summed E-state index contributed by atoms with van der Waals surface area (Å²) in [5, 5.41) is 11.1. The minimum Gasteiger partial charge on any atom is -0.493 e. The second-order valence-corrected chi connectivity index (χ2v) is 9.81. The van der Waals surface area contributed by atoms with Crippen LogP contribution in [0, 0.1) is 3.57 Å². The predicted molar refractivity (Wildman–Crippen MR) is 143 cm³/mol. The highest BCUT2D eigenvalue weighted by Crippen LogP contribution is 2.35. The van der Waals surface area contributed by atoms with Gasteiger partial charge in [0.25, 0.3) is 5.91 Å². The molecule has 1 amide bonds. The van der Waals surface area contributed by atoms with E-state index in [9.17, 15) is 4.79 Å². The van der Waals surface area contributed by atoms with Crippen molar-refractivity contribution in [2.75, 3.05) is 32.6 Å². The molecule has 2 aliphatic heterocycles. The normalized spacial score (nSPS) is 16.4. The molecule has 8 nitrogen and oxygen atoms in total. The van der Waals surface area contributed by atoms with Gasteiger partial charge in [-0.3, -0.25) is 4.79 Å². The molecule has 4 rings (SSSR count). The number of rotatable bonds is 6. The van der Waals surface area contributed by atoms with Crippen LogP contribution in [0.5, 0.6) is 11.5 Å². The molecule has 0 radical (unpaired) electrons. The molecule has 0 bridgehead atoms. The number of likely N-dealkylation sites (tertiary alicyclic amines) is 1. The molecule has 2 aromatic rings. The number of methoxy groups -OCH3 is 2. The lowest BCUT2D eigenvalue weighted by Gasteiger charge is -2.38. The number of para-hydroxylation sites is 1. The van der Waals surface area contributed by atoms with E-state index in [-0.39, 0.29) is 5.91 Å². The van der Waals surface area contributed by atoms with Crippen LogP contribution in [0.15, 0.2) is 47.6 Å². The lowest BCUT2D eigenvalue weighted by atomic mass is 9.87. The van der Waals surface area contributed by atoms with E-state index in [1.54, 1.807) is 14.2 Å². The van der Waals surface area contributed by atoms with Gasteiger partial charge in [0.05, 0.1) is 19.9 Å². The SMILES string of the molecule is COc1ccc(CNC(=O)C2=NOC3(CCN(C(=S)Nc4ccccc4I)CC3)C2)cc1OC. The molecular weight excluding hydrogens is 567 g/mol. The van der Waals surface area contributed by atoms with Crippen molar-refractivity contribution in [1.29, 1.82) is 0 Å². The van der Waals surface area contributed by atoms with Gasteiger partial charge in [0, 0.05) is 42.5 Å². The summed E-state index contributed by atoms with van der Waals surface area (Å²) in [4.78, 5) is 20.6. The minimum atomic E-state index is -0.441. The van der Waals surface area contributed by atoms with Gasteiger partial charge in [-0.15, -0.1) is 0 Å². The number of nitrogens with zero attached hydrogens (tertiary/aromatic N) is 2. The Bertz CT molecular complexity index is 1100. The summed E-state index contributed by atoms with van der Waals surface area (Å²) in [5.74, 6) is 1.05. The third-order valence-corrected chi connectivity index (χ3v) is 7.38. The van der Waals surface area contributed by atoms with Crippen LogP contribution in [0.25, 0.3) is 0 Å². The lowest BCUT2D eigenvalue weighted by molar-refractivity contribution is -0.115.